The molecule has 0 saturated carbocycles. The predicted octanol–water partition coefficient (Wildman–Crippen LogP) is 5.06. The highest BCUT2D eigenvalue weighted by Crippen LogP contribution is 2.25. The molecule has 26 heavy (non-hydrogen) atoms. The number of carbonyl (C=O) groups is 1. The molecule has 2 aromatic carbocycles. The molecule has 0 aromatic heterocycles. The number of hydrogen-bond acceptors (Lipinski definition) is 2. The number of piperidine rings is 1. The molecular formula is C22H27ClN2O. The van der Waals surface area contributed by atoms with Crippen LogP contribution in [0.2, 0.25) is 5.02 Å². The normalized spacial score (nSPS) is 17.9. The molecule has 0 radical (unpaired) electrons. The molecule has 0 aliphatic carbocycles. The first-order valence-corrected chi connectivity index (χ1v) is 9.81. The van der Waals surface area contributed by atoms with Crippen LogP contribution in [0.3, 0.4) is 0 Å². The van der Waals surface area contributed by atoms with Crippen molar-refractivity contribution in [2.75, 3.05) is 18.4 Å². The molecule has 1 heterocycles. The van der Waals surface area contributed by atoms with Crippen LogP contribution in [-0.2, 0) is 17.8 Å². The summed E-state index contributed by atoms with van der Waals surface area (Å²) in [6.07, 6.45) is 2.90. The molecule has 1 aliphatic rings. The van der Waals surface area contributed by atoms with Gasteiger partial charge in [0.2, 0.25) is 5.91 Å². The third-order valence-corrected chi connectivity index (χ3v) is 5.59. The summed E-state index contributed by atoms with van der Waals surface area (Å²) in [5.41, 5.74) is 4.44. The van der Waals surface area contributed by atoms with Crippen molar-refractivity contribution in [3.05, 3.63) is 64.2 Å². The van der Waals surface area contributed by atoms with Gasteiger partial charge in [-0.15, -0.1) is 0 Å². The van der Waals surface area contributed by atoms with Crippen LogP contribution in [-0.4, -0.2) is 23.9 Å². The van der Waals surface area contributed by atoms with Crippen molar-refractivity contribution < 1.29 is 4.79 Å². The Morgan fingerprint density at radius 1 is 1.19 bits per heavy atom. The molecule has 0 bridgehead atoms. The number of aryl methyl sites for hydroxylation is 2. The maximum absolute atomic E-state index is 12.9. The quantitative estimate of drug-likeness (QED) is 0.797. The molecule has 4 heteroatoms. The molecule has 2 aromatic rings. The standard InChI is InChI=1S/C22H27ClN2O/c1-3-17-10-6-8-16(2)21(17)24-22(26)19-11-7-13-25(15-19)14-18-9-4-5-12-20(18)23/h4-6,8-10,12,19H,3,7,11,13-15H2,1-2H3,(H,24,26)/t19-/m0/s1. The van der Waals surface area contributed by atoms with Crippen LogP contribution in [0.4, 0.5) is 5.69 Å². The highest BCUT2D eigenvalue weighted by Gasteiger charge is 2.26. The summed E-state index contributed by atoms with van der Waals surface area (Å²) in [5, 5.41) is 4.00. The maximum atomic E-state index is 12.9. The molecule has 3 nitrogen and oxygen atoms in total. The van der Waals surface area contributed by atoms with Gasteiger partial charge in [0.05, 0.1) is 5.92 Å². The average Bonchev–Trinajstić information content (AvgIpc) is 2.65. The minimum absolute atomic E-state index is 0.0237. The Bertz CT molecular complexity index is 774. The number of anilines is 1. The van der Waals surface area contributed by atoms with Gasteiger partial charge in [0.25, 0.3) is 0 Å². The van der Waals surface area contributed by atoms with Gasteiger partial charge in [-0.2, -0.15) is 0 Å². The van der Waals surface area contributed by atoms with Crippen LogP contribution >= 0.6 is 11.6 Å². The zero-order valence-electron chi connectivity index (χ0n) is 15.6. The van der Waals surface area contributed by atoms with Crippen LogP contribution < -0.4 is 5.32 Å². The van der Waals surface area contributed by atoms with E-state index in [4.69, 9.17) is 11.6 Å². The molecule has 0 unspecified atom stereocenters. The van der Waals surface area contributed by atoms with Crippen molar-refractivity contribution in [3.63, 3.8) is 0 Å². The fourth-order valence-electron chi connectivity index (χ4n) is 3.71. The Balaban J connectivity index is 1.66. The number of amides is 1. The highest BCUT2D eigenvalue weighted by molar-refractivity contribution is 6.31. The van der Waals surface area contributed by atoms with Crippen molar-refractivity contribution in [3.8, 4) is 0 Å². The summed E-state index contributed by atoms with van der Waals surface area (Å²) >= 11 is 6.29. The molecule has 3 rings (SSSR count). The topological polar surface area (TPSA) is 32.3 Å². The van der Waals surface area contributed by atoms with Gasteiger partial charge in [-0.3, -0.25) is 9.69 Å². The number of para-hydroxylation sites is 1. The van der Waals surface area contributed by atoms with E-state index >= 15 is 0 Å². The van der Waals surface area contributed by atoms with Crippen molar-refractivity contribution in [2.45, 2.75) is 39.7 Å². The molecule has 1 atom stereocenters. The smallest absolute Gasteiger partial charge is 0.228 e. The Hall–Kier alpha value is -1.84. The third kappa shape index (κ3) is 4.46. The van der Waals surface area contributed by atoms with E-state index in [0.717, 1.165) is 60.7 Å². The molecule has 1 amide bonds. The van der Waals surface area contributed by atoms with E-state index in [2.05, 4.69) is 48.3 Å². The second kappa shape index (κ2) is 8.70. The van der Waals surface area contributed by atoms with Crippen LogP contribution in [0.25, 0.3) is 0 Å². The van der Waals surface area contributed by atoms with Gasteiger partial charge in [-0.1, -0.05) is 54.9 Å². The van der Waals surface area contributed by atoms with Gasteiger partial charge in [0.15, 0.2) is 0 Å². The van der Waals surface area contributed by atoms with Gasteiger partial charge < -0.3 is 5.32 Å². The molecule has 0 spiro atoms. The van der Waals surface area contributed by atoms with Crippen LogP contribution in [0.5, 0.6) is 0 Å². The van der Waals surface area contributed by atoms with Gasteiger partial charge in [0.1, 0.15) is 0 Å². The Morgan fingerprint density at radius 3 is 2.73 bits per heavy atom. The molecule has 138 valence electrons. The Labute approximate surface area is 161 Å². The lowest BCUT2D eigenvalue weighted by molar-refractivity contribution is -0.121. The Kier molecular flexibility index (Phi) is 6.33. The number of nitrogens with zero attached hydrogens (tertiary/aromatic N) is 1. The van der Waals surface area contributed by atoms with Crippen molar-refractivity contribution in [1.29, 1.82) is 0 Å². The maximum Gasteiger partial charge on any atom is 0.228 e. The number of carbonyl (C=O) groups excluding carboxylic acids is 1. The summed E-state index contributed by atoms with van der Waals surface area (Å²) in [6.45, 7) is 6.77. The summed E-state index contributed by atoms with van der Waals surface area (Å²) in [5.74, 6) is 0.161. The van der Waals surface area contributed by atoms with Gasteiger partial charge in [0, 0.05) is 23.8 Å². The number of halogens is 1. The fourth-order valence-corrected chi connectivity index (χ4v) is 3.90. The second-order valence-corrected chi connectivity index (χ2v) is 7.52. The SMILES string of the molecule is CCc1cccc(C)c1NC(=O)[C@H]1CCCN(Cc2ccccc2Cl)C1. The first-order valence-electron chi connectivity index (χ1n) is 9.43. The van der Waals surface area contributed by atoms with Gasteiger partial charge in [-0.05, 0) is 55.5 Å². The summed E-state index contributed by atoms with van der Waals surface area (Å²) < 4.78 is 0. The molecule has 1 saturated heterocycles. The molecule has 1 aliphatic heterocycles. The van der Waals surface area contributed by atoms with E-state index < -0.39 is 0 Å². The third-order valence-electron chi connectivity index (χ3n) is 5.22. The first-order chi connectivity index (χ1) is 12.6. The zero-order valence-corrected chi connectivity index (χ0v) is 16.4. The Morgan fingerprint density at radius 2 is 1.96 bits per heavy atom. The fraction of sp³-hybridized carbons (Fsp3) is 0.409. The van der Waals surface area contributed by atoms with E-state index in [0.29, 0.717) is 0 Å². The summed E-state index contributed by atoms with van der Waals surface area (Å²) in [7, 11) is 0. The van der Waals surface area contributed by atoms with Crippen molar-refractivity contribution in [2.24, 2.45) is 5.92 Å². The number of rotatable bonds is 5. The van der Waals surface area contributed by atoms with E-state index in [1.807, 2.05) is 18.2 Å². The lowest BCUT2D eigenvalue weighted by Gasteiger charge is -2.32. The van der Waals surface area contributed by atoms with Gasteiger partial charge >= 0.3 is 0 Å². The predicted molar refractivity (Wildman–Crippen MR) is 109 cm³/mol. The number of hydrogen-bond donors (Lipinski definition) is 1. The van der Waals surface area contributed by atoms with E-state index in [9.17, 15) is 4.79 Å². The first kappa shape index (κ1) is 18.9. The lowest BCUT2D eigenvalue weighted by atomic mass is 9.96. The van der Waals surface area contributed by atoms with Crippen molar-refractivity contribution in [1.82, 2.24) is 4.90 Å². The summed E-state index contributed by atoms with van der Waals surface area (Å²) in [4.78, 5) is 15.2. The number of benzene rings is 2. The van der Waals surface area contributed by atoms with Crippen LogP contribution in [0, 0.1) is 12.8 Å². The van der Waals surface area contributed by atoms with Crippen molar-refractivity contribution >= 4 is 23.2 Å². The highest BCUT2D eigenvalue weighted by atomic mass is 35.5. The monoisotopic (exact) mass is 370 g/mol. The average molecular weight is 371 g/mol. The molecule has 1 N–H and O–H groups in total. The minimum atomic E-state index is 0.0237. The number of likely N-dealkylation sites (tertiary alicyclic amines) is 1. The molecular weight excluding hydrogens is 344 g/mol. The van der Waals surface area contributed by atoms with E-state index in [1.165, 1.54) is 5.56 Å². The van der Waals surface area contributed by atoms with E-state index in [-0.39, 0.29) is 11.8 Å². The minimum Gasteiger partial charge on any atom is -0.325 e. The molecule has 1 fully saturated rings. The van der Waals surface area contributed by atoms with E-state index in [1.54, 1.807) is 0 Å². The van der Waals surface area contributed by atoms with Crippen LogP contribution in [0.15, 0.2) is 42.5 Å². The lowest BCUT2D eigenvalue weighted by Crippen LogP contribution is -2.40. The summed E-state index contributed by atoms with van der Waals surface area (Å²) in [6, 6.07) is 14.1. The van der Waals surface area contributed by atoms with Gasteiger partial charge in [-0.25, -0.2) is 0 Å². The second-order valence-electron chi connectivity index (χ2n) is 7.12. The number of nitrogens with one attached hydrogen (secondary N) is 1. The van der Waals surface area contributed by atoms with Crippen LogP contribution in [0.1, 0.15) is 36.5 Å². The largest absolute Gasteiger partial charge is 0.325 e. The zero-order chi connectivity index (χ0) is 18.5.